The van der Waals surface area contributed by atoms with Gasteiger partial charge in [-0.15, -0.1) is 11.8 Å². The van der Waals surface area contributed by atoms with E-state index >= 15 is 0 Å². The van der Waals surface area contributed by atoms with Crippen molar-refractivity contribution in [2.45, 2.75) is 30.2 Å². The summed E-state index contributed by atoms with van der Waals surface area (Å²) < 4.78 is 13.6. The number of thioether (sulfide) groups is 1. The normalized spacial score (nSPS) is 13.1. The van der Waals surface area contributed by atoms with Gasteiger partial charge in [-0.05, 0) is 24.7 Å². The van der Waals surface area contributed by atoms with Crippen molar-refractivity contribution in [1.29, 1.82) is 0 Å². The highest BCUT2D eigenvalue weighted by atomic mass is 35.5. The molecule has 4 heteroatoms. The van der Waals surface area contributed by atoms with Crippen molar-refractivity contribution in [3.63, 3.8) is 0 Å². The third-order valence-corrected chi connectivity index (χ3v) is 3.57. The summed E-state index contributed by atoms with van der Waals surface area (Å²) >= 11 is 7.80. The van der Waals surface area contributed by atoms with Crippen LogP contribution in [0.15, 0.2) is 23.1 Å². The first-order valence-corrected chi connectivity index (χ1v) is 6.55. The molecule has 1 N–H and O–H groups in total. The van der Waals surface area contributed by atoms with Gasteiger partial charge >= 0.3 is 0 Å². The molecule has 0 fully saturated rings. The minimum Gasteiger partial charge on any atom is -0.317 e. The van der Waals surface area contributed by atoms with Crippen LogP contribution in [0.3, 0.4) is 0 Å². The van der Waals surface area contributed by atoms with Crippen LogP contribution < -0.4 is 5.32 Å². The Hall–Kier alpha value is -0.250. The summed E-state index contributed by atoms with van der Waals surface area (Å²) in [6.07, 6.45) is -0.999. The Labute approximate surface area is 106 Å². The van der Waals surface area contributed by atoms with Crippen molar-refractivity contribution in [2.75, 3.05) is 13.6 Å². The third-order valence-electron chi connectivity index (χ3n) is 2.06. The monoisotopic (exact) mass is 261 g/mol. The van der Waals surface area contributed by atoms with Crippen molar-refractivity contribution in [3.05, 3.63) is 28.8 Å². The van der Waals surface area contributed by atoms with Crippen molar-refractivity contribution >= 4 is 23.4 Å². The lowest BCUT2D eigenvalue weighted by Gasteiger charge is -2.11. The Morgan fingerprint density at radius 3 is 2.62 bits per heavy atom. The van der Waals surface area contributed by atoms with Crippen LogP contribution in [-0.4, -0.2) is 18.8 Å². The molecule has 1 aromatic rings. The van der Waals surface area contributed by atoms with Crippen molar-refractivity contribution in [1.82, 2.24) is 5.32 Å². The van der Waals surface area contributed by atoms with Gasteiger partial charge in [0.15, 0.2) is 0 Å². The first-order chi connectivity index (χ1) is 7.54. The van der Waals surface area contributed by atoms with Crippen molar-refractivity contribution in [3.8, 4) is 0 Å². The molecule has 0 amide bonds. The van der Waals surface area contributed by atoms with Gasteiger partial charge in [0.05, 0.1) is 5.02 Å². The number of likely N-dealkylation sites (N-methyl/N-ethyl adjacent to an activating group) is 1. The molecule has 0 saturated carbocycles. The molecular formula is C12H17ClFNS. The van der Waals surface area contributed by atoms with Crippen LogP contribution in [0.4, 0.5) is 4.39 Å². The zero-order chi connectivity index (χ0) is 12.1. The van der Waals surface area contributed by atoms with Gasteiger partial charge in [-0.2, -0.15) is 0 Å². The second kappa shape index (κ2) is 6.48. The molecule has 90 valence electrons. The predicted octanol–water partition coefficient (Wildman–Crippen LogP) is 4.07. The second-order valence-corrected chi connectivity index (χ2v) is 5.91. The Kier molecular flexibility index (Phi) is 5.59. The maximum atomic E-state index is 13.6. The number of hydrogen-bond acceptors (Lipinski definition) is 2. The number of benzene rings is 1. The van der Waals surface area contributed by atoms with Crippen LogP contribution >= 0.6 is 23.4 Å². The van der Waals surface area contributed by atoms with E-state index in [2.05, 4.69) is 19.2 Å². The van der Waals surface area contributed by atoms with E-state index in [-0.39, 0.29) is 0 Å². The fraction of sp³-hybridized carbons (Fsp3) is 0.500. The Balaban J connectivity index is 2.82. The molecule has 0 heterocycles. The van der Waals surface area contributed by atoms with Gasteiger partial charge in [-0.3, -0.25) is 0 Å². The van der Waals surface area contributed by atoms with E-state index < -0.39 is 6.17 Å². The van der Waals surface area contributed by atoms with Gasteiger partial charge in [-0.25, -0.2) is 4.39 Å². The number of alkyl halides is 1. The molecule has 1 atom stereocenters. The van der Waals surface area contributed by atoms with Crippen LogP contribution in [0, 0.1) is 0 Å². The van der Waals surface area contributed by atoms with Crippen LogP contribution in [0.2, 0.25) is 5.02 Å². The molecule has 0 aliphatic heterocycles. The topological polar surface area (TPSA) is 12.0 Å². The number of hydrogen-bond donors (Lipinski definition) is 1. The summed E-state index contributed by atoms with van der Waals surface area (Å²) in [6, 6.07) is 5.41. The van der Waals surface area contributed by atoms with E-state index in [0.717, 1.165) is 4.90 Å². The molecular weight excluding hydrogens is 245 g/mol. The second-order valence-electron chi connectivity index (χ2n) is 3.88. The molecule has 16 heavy (non-hydrogen) atoms. The maximum Gasteiger partial charge on any atom is 0.138 e. The largest absolute Gasteiger partial charge is 0.317 e. The van der Waals surface area contributed by atoms with Crippen LogP contribution in [0.25, 0.3) is 0 Å². The standard InChI is InChI=1S/C12H17ClFNS/c1-8(2)16-12-5-4-9(6-10(12)13)11(14)7-15-3/h4-6,8,11,15H,7H2,1-3H3. The first-order valence-electron chi connectivity index (χ1n) is 5.29. The first kappa shape index (κ1) is 13.8. The zero-order valence-electron chi connectivity index (χ0n) is 9.76. The number of rotatable bonds is 5. The lowest BCUT2D eigenvalue weighted by atomic mass is 10.1. The Bertz CT molecular complexity index is 344. The molecule has 0 radical (unpaired) electrons. The van der Waals surface area contributed by atoms with E-state index in [1.807, 2.05) is 6.07 Å². The summed E-state index contributed by atoms with van der Waals surface area (Å²) in [5, 5.41) is 3.92. The lowest BCUT2D eigenvalue weighted by Crippen LogP contribution is -2.13. The van der Waals surface area contributed by atoms with Crippen molar-refractivity contribution in [2.24, 2.45) is 0 Å². The van der Waals surface area contributed by atoms with E-state index in [0.29, 0.717) is 22.4 Å². The van der Waals surface area contributed by atoms with Crippen LogP contribution in [0.1, 0.15) is 25.6 Å². The van der Waals surface area contributed by atoms with Gasteiger partial charge in [0.1, 0.15) is 6.17 Å². The fourth-order valence-electron chi connectivity index (χ4n) is 1.36. The van der Waals surface area contributed by atoms with Crippen molar-refractivity contribution < 1.29 is 4.39 Å². The lowest BCUT2D eigenvalue weighted by molar-refractivity contribution is 0.335. The van der Waals surface area contributed by atoms with Gasteiger partial charge in [0, 0.05) is 16.7 Å². The van der Waals surface area contributed by atoms with E-state index in [1.54, 1.807) is 30.9 Å². The van der Waals surface area contributed by atoms with Gasteiger partial charge < -0.3 is 5.32 Å². The third kappa shape index (κ3) is 3.96. The number of nitrogens with one attached hydrogen (secondary N) is 1. The molecule has 1 aromatic carbocycles. The minimum absolute atomic E-state index is 0.312. The predicted molar refractivity (Wildman–Crippen MR) is 70.2 cm³/mol. The maximum absolute atomic E-state index is 13.6. The highest BCUT2D eigenvalue weighted by Gasteiger charge is 2.11. The van der Waals surface area contributed by atoms with Gasteiger partial charge in [-0.1, -0.05) is 31.5 Å². The molecule has 0 saturated heterocycles. The average Bonchev–Trinajstić information content (AvgIpc) is 2.20. The average molecular weight is 262 g/mol. The quantitative estimate of drug-likeness (QED) is 0.802. The molecule has 0 aliphatic carbocycles. The van der Waals surface area contributed by atoms with E-state index in [1.165, 1.54) is 0 Å². The number of halogens is 2. The summed E-state index contributed by atoms with van der Waals surface area (Å²) in [5.74, 6) is 0. The Morgan fingerprint density at radius 2 is 2.12 bits per heavy atom. The molecule has 0 bridgehead atoms. The van der Waals surface area contributed by atoms with Crippen LogP contribution in [-0.2, 0) is 0 Å². The van der Waals surface area contributed by atoms with E-state index in [4.69, 9.17) is 11.6 Å². The molecule has 1 unspecified atom stereocenters. The Morgan fingerprint density at radius 1 is 1.44 bits per heavy atom. The summed E-state index contributed by atoms with van der Waals surface area (Å²) in [4.78, 5) is 1.01. The highest BCUT2D eigenvalue weighted by molar-refractivity contribution is 8.00. The summed E-state index contributed by atoms with van der Waals surface area (Å²) in [6.45, 7) is 4.52. The molecule has 0 aliphatic rings. The van der Waals surface area contributed by atoms with Crippen LogP contribution in [0.5, 0.6) is 0 Å². The molecule has 1 nitrogen and oxygen atoms in total. The smallest absolute Gasteiger partial charge is 0.138 e. The van der Waals surface area contributed by atoms with E-state index in [9.17, 15) is 4.39 Å². The minimum atomic E-state index is -0.999. The van der Waals surface area contributed by atoms with Gasteiger partial charge in [0.25, 0.3) is 0 Å². The molecule has 1 rings (SSSR count). The fourth-order valence-corrected chi connectivity index (χ4v) is 2.51. The molecule has 0 spiro atoms. The van der Waals surface area contributed by atoms with Gasteiger partial charge in [0.2, 0.25) is 0 Å². The summed E-state index contributed by atoms with van der Waals surface area (Å²) in [5.41, 5.74) is 0.632. The highest BCUT2D eigenvalue weighted by Crippen LogP contribution is 2.32. The zero-order valence-corrected chi connectivity index (χ0v) is 11.3. The SMILES string of the molecule is CNCC(F)c1ccc(SC(C)C)c(Cl)c1. The summed E-state index contributed by atoms with van der Waals surface area (Å²) in [7, 11) is 1.73. The molecule has 0 aromatic heterocycles.